The summed E-state index contributed by atoms with van der Waals surface area (Å²) in [5.41, 5.74) is -2.41. The van der Waals surface area contributed by atoms with E-state index in [0.29, 0.717) is 0 Å². The normalized spacial score (nSPS) is 14.1. The zero-order chi connectivity index (χ0) is 14.8. The Balaban J connectivity index is 0. The number of alkyl halides is 9. The van der Waals surface area contributed by atoms with Crippen molar-refractivity contribution in [2.24, 2.45) is 4.99 Å². The van der Waals surface area contributed by atoms with E-state index in [1.807, 2.05) is 4.99 Å². The summed E-state index contributed by atoms with van der Waals surface area (Å²) in [6.45, 7) is -2.31. The number of carbonyl (C=O) groups is 1. The second kappa shape index (κ2) is 6.60. The molecule has 2 nitrogen and oxygen atoms in total. The van der Waals surface area contributed by atoms with Gasteiger partial charge in [0.05, 0.1) is 6.42 Å². The molecule has 19 heavy (non-hydrogen) atoms. The van der Waals surface area contributed by atoms with Gasteiger partial charge in [0, 0.05) is 17.1 Å². The van der Waals surface area contributed by atoms with Gasteiger partial charge in [0.1, 0.15) is 12.3 Å². The molecule has 0 bridgehead atoms. The summed E-state index contributed by atoms with van der Waals surface area (Å²) in [4.78, 5) is 12.2. The minimum absolute atomic E-state index is 0. The van der Waals surface area contributed by atoms with Crippen LogP contribution < -0.4 is 0 Å². The number of hydrogen-bond donors (Lipinski definition) is 0. The van der Waals surface area contributed by atoms with Gasteiger partial charge in [-0.25, -0.2) is 0 Å². The van der Waals surface area contributed by atoms with E-state index in [-0.39, 0.29) is 17.1 Å². The zero-order valence-electron chi connectivity index (χ0n) is 8.47. The van der Waals surface area contributed by atoms with Crippen LogP contribution in [0.3, 0.4) is 0 Å². The van der Waals surface area contributed by atoms with Crippen molar-refractivity contribution in [3.63, 3.8) is 0 Å². The summed E-state index contributed by atoms with van der Waals surface area (Å²) in [5.74, 6) is -2.82. The Morgan fingerprint density at radius 3 is 1.53 bits per heavy atom. The molecule has 1 radical (unpaired) electrons. The summed E-state index contributed by atoms with van der Waals surface area (Å²) >= 11 is 0. The quantitative estimate of drug-likeness (QED) is 0.436. The monoisotopic (exact) mass is 352 g/mol. The summed E-state index contributed by atoms with van der Waals surface area (Å²) in [6, 6.07) is 0. The Labute approximate surface area is 110 Å². The van der Waals surface area contributed by atoms with E-state index in [9.17, 15) is 44.3 Å². The first kappa shape index (κ1) is 20.5. The zero-order valence-corrected chi connectivity index (χ0v) is 9.41. The van der Waals surface area contributed by atoms with Gasteiger partial charge in [-0.2, -0.15) is 39.5 Å². The molecule has 0 aromatic rings. The van der Waals surface area contributed by atoms with Crippen molar-refractivity contribution in [2.75, 3.05) is 6.54 Å². The van der Waals surface area contributed by atoms with Crippen molar-refractivity contribution in [2.45, 2.75) is 24.9 Å². The summed E-state index contributed by atoms with van der Waals surface area (Å²) < 4.78 is 106. The van der Waals surface area contributed by atoms with Crippen LogP contribution in [0.2, 0.25) is 0 Å². The van der Waals surface area contributed by atoms with Crippen LogP contribution in [-0.4, -0.2) is 36.6 Å². The second-order valence-corrected chi connectivity index (χ2v) is 2.97. The van der Waals surface area contributed by atoms with E-state index in [4.69, 9.17) is 0 Å². The van der Waals surface area contributed by atoms with Crippen LogP contribution in [0, 0.1) is 0 Å². The van der Waals surface area contributed by atoms with Crippen LogP contribution in [0.1, 0.15) is 6.42 Å². The summed E-state index contributed by atoms with van der Waals surface area (Å²) in [7, 11) is 0. The molecule has 0 aliphatic carbocycles. The summed E-state index contributed by atoms with van der Waals surface area (Å²) in [5, 5.41) is 0. The maximum absolute atomic E-state index is 12.0. The second-order valence-electron chi connectivity index (χ2n) is 2.97. The Morgan fingerprint density at radius 1 is 0.842 bits per heavy atom. The number of rotatable bonds is 3. The molecule has 0 rings (SSSR count). The third-order valence-corrected chi connectivity index (χ3v) is 1.42. The first-order chi connectivity index (χ1) is 7.73. The average molecular weight is 353 g/mol. The van der Waals surface area contributed by atoms with Crippen LogP contribution in [0.4, 0.5) is 39.5 Å². The van der Waals surface area contributed by atoms with Gasteiger partial charge in [0.15, 0.2) is 0 Å². The minimum Gasteiger partial charge on any atom is -0.289 e. The first-order valence-corrected chi connectivity index (χ1v) is 4.01. The van der Waals surface area contributed by atoms with Gasteiger partial charge >= 0.3 is 18.5 Å². The number of halogens is 9. The van der Waals surface area contributed by atoms with Gasteiger partial charge in [-0.05, 0) is 0 Å². The molecule has 0 aromatic heterocycles. The third kappa shape index (κ3) is 8.87. The predicted molar refractivity (Wildman–Crippen MR) is 40.1 cm³/mol. The Kier molecular flexibility index (Phi) is 7.13. The van der Waals surface area contributed by atoms with Crippen molar-refractivity contribution < 1.29 is 61.4 Å². The molecule has 0 unspecified atom stereocenters. The van der Waals surface area contributed by atoms with Gasteiger partial charge < -0.3 is 0 Å². The van der Waals surface area contributed by atoms with Crippen molar-refractivity contribution >= 4 is 11.5 Å². The predicted octanol–water partition coefficient (Wildman–Crippen LogP) is 3.07. The number of aliphatic imine (C=N–C) groups is 1. The molecule has 117 valence electrons. The molecule has 0 spiro atoms. The number of nitrogens with zero attached hydrogens (tertiary/aromatic N) is 1. The van der Waals surface area contributed by atoms with Crippen molar-refractivity contribution in [3.8, 4) is 0 Å². The van der Waals surface area contributed by atoms with Crippen molar-refractivity contribution in [1.82, 2.24) is 0 Å². The molecule has 0 N–H and O–H groups in total. The molecule has 0 aromatic carbocycles. The molecule has 0 saturated carbocycles. The first-order valence-electron chi connectivity index (χ1n) is 4.01. The largest absolute Gasteiger partial charge is 0.450 e. The smallest absolute Gasteiger partial charge is 0.289 e. The fourth-order valence-electron chi connectivity index (χ4n) is 0.683. The molecule has 0 aliphatic heterocycles. The van der Waals surface area contributed by atoms with E-state index >= 15 is 0 Å². The number of Topliss-reactive ketones (excluding diaryl/α,β-unsaturated/α-hetero) is 1. The third-order valence-electron chi connectivity index (χ3n) is 1.42. The van der Waals surface area contributed by atoms with Crippen LogP contribution in [0.5, 0.6) is 0 Å². The van der Waals surface area contributed by atoms with E-state index in [0.717, 1.165) is 0 Å². The van der Waals surface area contributed by atoms with E-state index in [2.05, 4.69) is 0 Å². The average Bonchev–Trinajstić information content (AvgIpc) is 2.06. The van der Waals surface area contributed by atoms with Crippen molar-refractivity contribution in [1.29, 1.82) is 0 Å². The van der Waals surface area contributed by atoms with Crippen LogP contribution >= 0.6 is 0 Å². The fourth-order valence-corrected chi connectivity index (χ4v) is 0.683. The molecule has 0 aliphatic rings. The maximum Gasteiger partial charge on any atom is 0.450 e. The van der Waals surface area contributed by atoms with Gasteiger partial charge in [-0.1, -0.05) is 0 Å². The minimum atomic E-state index is -5.57. The molecule has 0 atom stereocenters. The molecule has 0 heterocycles. The van der Waals surface area contributed by atoms with E-state index in [1.54, 1.807) is 0 Å². The molecule has 12 heteroatoms. The molecule has 0 amide bonds. The van der Waals surface area contributed by atoms with Crippen LogP contribution in [0.15, 0.2) is 4.99 Å². The van der Waals surface area contributed by atoms with Crippen LogP contribution in [0.25, 0.3) is 0 Å². The van der Waals surface area contributed by atoms with Gasteiger partial charge in [0.2, 0.25) is 5.78 Å². The van der Waals surface area contributed by atoms with Crippen molar-refractivity contribution in [3.05, 3.63) is 0 Å². The number of carbonyl (C=O) groups excluding carboxylic acids is 1. The maximum atomic E-state index is 12.0. The Hall–Kier alpha value is -0.771. The summed E-state index contributed by atoms with van der Waals surface area (Å²) in [6.07, 6.45) is -18.5. The van der Waals surface area contributed by atoms with E-state index < -0.39 is 43.0 Å². The molecular formula is C7H4CuF9NO. The SMILES string of the molecule is O=C(CC(=NCC(F)(F)F)C(F)(F)F)C(F)(F)F.[Cu]. The van der Waals surface area contributed by atoms with Crippen LogP contribution in [-0.2, 0) is 21.9 Å². The number of ketones is 1. The standard InChI is InChI=1S/C7H4F9NO.Cu/c8-5(9,10)2-17-3(6(11,12)13)1-4(18)7(14,15)16;/h1-2H2;. The van der Waals surface area contributed by atoms with E-state index in [1.165, 1.54) is 0 Å². The van der Waals surface area contributed by atoms with Gasteiger partial charge in [-0.3, -0.25) is 9.79 Å². The molecular weight excluding hydrogens is 349 g/mol. The molecule has 0 fully saturated rings. The molecule has 0 saturated heterocycles. The fraction of sp³-hybridized carbons (Fsp3) is 0.714. The van der Waals surface area contributed by atoms with Gasteiger partial charge in [0.25, 0.3) is 0 Å². The van der Waals surface area contributed by atoms with Gasteiger partial charge in [-0.15, -0.1) is 0 Å². The topological polar surface area (TPSA) is 29.4 Å². The Morgan fingerprint density at radius 2 is 1.26 bits per heavy atom. The number of hydrogen-bond acceptors (Lipinski definition) is 2. The Bertz CT molecular complexity index is 340.